The Balaban J connectivity index is 2.08. The second kappa shape index (κ2) is 9.14. The van der Waals surface area contributed by atoms with Crippen molar-refractivity contribution in [3.63, 3.8) is 0 Å². The van der Waals surface area contributed by atoms with Crippen molar-refractivity contribution in [2.45, 2.75) is 6.54 Å². The highest BCUT2D eigenvalue weighted by atomic mass is 127. The van der Waals surface area contributed by atoms with Gasteiger partial charge in [0.1, 0.15) is 0 Å². The molecule has 23 heavy (non-hydrogen) atoms. The van der Waals surface area contributed by atoms with E-state index >= 15 is 0 Å². The molecule has 0 unspecified atom stereocenters. The lowest BCUT2D eigenvalue weighted by Gasteiger charge is -2.23. The standard InChI is InChI=1S/C16H16IN5O/c17-15-9-5-4-8-14(15)16(23)20-22(11-10-19-21-18)12-13-6-2-1-3-7-13/h1-9H,10-12H2,(H,20,23). The minimum atomic E-state index is -0.174. The quantitative estimate of drug-likeness (QED) is 0.243. The molecule has 0 spiro atoms. The Morgan fingerprint density at radius 2 is 1.87 bits per heavy atom. The predicted octanol–water partition coefficient (Wildman–Crippen LogP) is 3.75. The predicted molar refractivity (Wildman–Crippen MR) is 97.5 cm³/mol. The molecule has 0 atom stereocenters. The van der Waals surface area contributed by atoms with Crippen molar-refractivity contribution in [3.8, 4) is 0 Å². The molecule has 0 radical (unpaired) electrons. The molecule has 118 valence electrons. The Morgan fingerprint density at radius 3 is 2.57 bits per heavy atom. The van der Waals surface area contributed by atoms with E-state index < -0.39 is 0 Å². The van der Waals surface area contributed by atoms with Crippen LogP contribution in [0, 0.1) is 3.57 Å². The number of halogens is 1. The number of amides is 1. The normalized spacial score (nSPS) is 10.2. The monoisotopic (exact) mass is 421 g/mol. The summed E-state index contributed by atoms with van der Waals surface area (Å²) in [7, 11) is 0. The third-order valence-electron chi connectivity index (χ3n) is 3.13. The number of nitrogens with zero attached hydrogens (tertiary/aromatic N) is 4. The summed E-state index contributed by atoms with van der Waals surface area (Å²) in [5.74, 6) is -0.174. The van der Waals surface area contributed by atoms with Gasteiger partial charge in [0.15, 0.2) is 0 Å². The number of rotatable bonds is 7. The minimum Gasteiger partial charge on any atom is -0.284 e. The number of benzene rings is 2. The molecule has 0 bridgehead atoms. The second-order valence-corrected chi connectivity index (χ2v) is 5.94. The average Bonchev–Trinajstić information content (AvgIpc) is 2.56. The van der Waals surface area contributed by atoms with Gasteiger partial charge < -0.3 is 0 Å². The zero-order valence-corrected chi connectivity index (χ0v) is 14.6. The lowest BCUT2D eigenvalue weighted by Crippen LogP contribution is -2.43. The van der Waals surface area contributed by atoms with Crippen molar-refractivity contribution in [1.29, 1.82) is 0 Å². The molecule has 0 heterocycles. The van der Waals surface area contributed by atoms with Crippen molar-refractivity contribution in [1.82, 2.24) is 10.4 Å². The number of nitrogens with one attached hydrogen (secondary N) is 1. The van der Waals surface area contributed by atoms with E-state index in [1.54, 1.807) is 11.1 Å². The number of hydrazine groups is 1. The summed E-state index contributed by atoms with van der Waals surface area (Å²) in [4.78, 5) is 15.2. The highest BCUT2D eigenvalue weighted by molar-refractivity contribution is 14.1. The van der Waals surface area contributed by atoms with Gasteiger partial charge in [-0.15, -0.1) is 0 Å². The first-order valence-electron chi connectivity index (χ1n) is 7.06. The van der Waals surface area contributed by atoms with Gasteiger partial charge in [-0.25, -0.2) is 5.01 Å². The van der Waals surface area contributed by atoms with Crippen molar-refractivity contribution in [2.24, 2.45) is 5.11 Å². The second-order valence-electron chi connectivity index (χ2n) is 4.78. The fraction of sp³-hybridized carbons (Fsp3) is 0.188. The first-order valence-corrected chi connectivity index (χ1v) is 8.14. The molecule has 0 aliphatic heterocycles. The maximum Gasteiger partial charge on any atom is 0.266 e. The van der Waals surface area contributed by atoms with E-state index in [4.69, 9.17) is 5.53 Å². The average molecular weight is 421 g/mol. The van der Waals surface area contributed by atoms with Crippen molar-refractivity contribution in [3.05, 3.63) is 79.7 Å². The molecule has 0 saturated heterocycles. The Morgan fingerprint density at radius 1 is 1.17 bits per heavy atom. The fourth-order valence-corrected chi connectivity index (χ4v) is 2.67. The van der Waals surface area contributed by atoms with E-state index in [2.05, 4.69) is 38.0 Å². The molecule has 2 rings (SSSR count). The molecule has 0 fully saturated rings. The van der Waals surface area contributed by atoms with Gasteiger partial charge in [-0.2, -0.15) is 0 Å². The first-order chi connectivity index (χ1) is 11.2. The van der Waals surface area contributed by atoms with Gasteiger partial charge >= 0.3 is 0 Å². The van der Waals surface area contributed by atoms with Crippen LogP contribution in [-0.4, -0.2) is 24.0 Å². The Labute approximate surface area is 148 Å². The number of hydrogen-bond donors (Lipinski definition) is 1. The molecular weight excluding hydrogens is 405 g/mol. The third kappa shape index (κ3) is 5.55. The van der Waals surface area contributed by atoms with Gasteiger partial charge in [0.2, 0.25) is 0 Å². The number of carbonyl (C=O) groups is 1. The lowest BCUT2D eigenvalue weighted by atomic mass is 10.2. The molecule has 0 aliphatic carbocycles. The van der Waals surface area contributed by atoms with Crippen LogP contribution in [0.3, 0.4) is 0 Å². The molecule has 0 saturated carbocycles. The smallest absolute Gasteiger partial charge is 0.266 e. The topological polar surface area (TPSA) is 81.1 Å². The van der Waals surface area contributed by atoms with Crippen LogP contribution in [0.15, 0.2) is 59.7 Å². The van der Waals surface area contributed by atoms with E-state index in [1.807, 2.05) is 48.5 Å². The number of hydrogen-bond acceptors (Lipinski definition) is 3. The highest BCUT2D eigenvalue weighted by Gasteiger charge is 2.13. The molecule has 0 aliphatic rings. The molecule has 7 heteroatoms. The van der Waals surface area contributed by atoms with Crippen LogP contribution in [0.2, 0.25) is 0 Å². The van der Waals surface area contributed by atoms with Crippen molar-refractivity contribution in [2.75, 3.05) is 13.1 Å². The molecular formula is C16H16IN5O. The van der Waals surface area contributed by atoms with Crippen LogP contribution in [0.25, 0.3) is 10.4 Å². The Kier molecular flexibility index (Phi) is 6.86. The largest absolute Gasteiger partial charge is 0.284 e. The van der Waals surface area contributed by atoms with Crippen molar-refractivity contribution >= 4 is 28.5 Å². The number of azide groups is 1. The summed E-state index contributed by atoms with van der Waals surface area (Å²) in [6.45, 7) is 1.26. The zero-order valence-electron chi connectivity index (χ0n) is 12.4. The van der Waals surface area contributed by atoms with Crippen molar-refractivity contribution < 1.29 is 4.79 Å². The molecule has 1 amide bonds. The Hall–Kier alpha value is -2.09. The van der Waals surface area contributed by atoms with E-state index in [1.165, 1.54) is 0 Å². The maximum absolute atomic E-state index is 12.4. The van der Waals surface area contributed by atoms with Crippen LogP contribution in [0.1, 0.15) is 15.9 Å². The SMILES string of the molecule is [N-]=[N+]=NCCN(Cc1ccccc1)NC(=O)c1ccccc1I. The van der Waals surface area contributed by atoms with Crippen LogP contribution >= 0.6 is 22.6 Å². The van der Waals surface area contributed by atoms with Gasteiger partial charge in [-0.05, 0) is 45.8 Å². The molecule has 2 aromatic carbocycles. The molecule has 0 aromatic heterocycles. The highest BCUT2D eigenvalue weighted by Crippen LogP contribution is 2.12. The molecule has 1 N–H and O–H groups in total. The Bertz CT molecular complexity index is 701. The van der Waals surface area contributed by atoms with E-state index in [-0.39, 0.29) is 12.5 Å². The third-order valence-corrected chi connectivity index (χ3v) is 4.07. The van der Waals surface area contributed by atoms with Gasteiger partial charge in [-0.1, -0.05) is 47.6 Å². The summed E-state index contributed by atoms with van der Waals surface area (Å²) in [6.07, 6.45) is 0. The van der Waals surface area contributed by atoms with E-state index in [0.29, 0.717) is 18.7 Å². The van der Waals surface area contributed by atoms with Crippen LogP contribution in [0.4, 0.5) is 0 Å². The zero-order chi connectivity index (χ0) is 16.5. The first kappa shape index (κ1) is 17.3. The lowest BCUT2D eigenvalue weighted by molar-refractivity contribution is 0.0779. The summed E-state index contributed by atoms with van der Waals surface area (Å²) in [5, 5.41) is 5.30. The summed E-state index contributed by atoms with van der Waals surface area (Å²) >= 11 is 2.13. The summed E-state index contributed by atoms with van der Waals surface area (Å²) < 4.78 is 0.886. The van der Waals surface area contributed by atoms with Gasteiger partial charge in [0, 0.05) is 28.1 Å². The van der Waals surface area contributed by atoms with Crippen LogP contribution < -0.4 is 5.43 Å². The summed E-state index contributed by atoms with van der Waals surface area (Å²) in [5.41, 5.74) is 13.0. The van der Waals surface area contributed by atoms with Gasteiger partial charge in [0.05, 0.1) is 5.56 Å². The van der Waals surface area contributed by atoms with E-state index in [0.717, 1.165) is 9.13 Å². The van der Waals surface area contributed by atoms with Gasteiger partial charge in [-0.3, -0.25) is 10.2 Å². The fourth-order valence-electron chi connectivity index (χ4n) is 2.04. The molecule has 2 aromatic rings. The number of carbonyl (C=O) groups excluding carboxylic acids is 1. The van der Waals surface area contributed by atoms with Gasteiger partial charge in [0.25, 0.3) is 5.91 Å². The van der Waals surface area contributed by atoms with E-state index in [9.17, 15) is 4.79 Å². The molecule has 6 nitrogen and oxygen atoms in total. The summed E-state index contributed by atoms with van der Waals surface area (Å²) in [6, 6.07) is 17.2. The minimum absolute atomic E-state index is 0.174. The van der Waals surface area contributed by atoms with Crippen LogP contribution in [0.5, 0.6) is 0 Å². The maximum atomic E-state index is 12.4. The van der Waals surface area contributed by atoms with Crippen LogP contribution in [-0.2, 0) is 6.54 Å².